The van der Waals surface area contributed by atoms with Crippen LogP contribution in [0.1, 0.15) is 18.5 Å². The predicted molar refractivity (Wildman–Crippen MR) is 89.5 cm³/mol. The Morgan fingerprint density at radius 2 is 1.77 bits per heavy atom. The molecule has 2 aromatic rings. The Hall–Kier alpha value is -2.00. The zero-order valence-corrected chi connectivity index (χ0v) is 13.0. The van der Waals surface area contributed by atoms with Crippen molar-refractivity contribution < 1.29 is 4.74 Å². The van der Waals surface area contributed by atoms with Gasteiger partial charge in [-0.15, -0.1) is 0 Å². The zero-order valence-electron chi connectivity index (χ0n) is 13.0. The van der Waals surface area contributed by atoms with E-state index in [1.54, 1.807) is 0 Å². The Bertz CT molecular complexity index is 643. The first-order valence-corrected chi connectivity index (χ1v) is 8.10. The van der Waals surface area contributed by atoms with Gasteiger partial charge in [0, 0.05) is 25.7 Å². The van der Waals surface area contributed by atoms with Gasteiger partial charge in [0.2, 0.25) is 0 Å². The SMILES string of the molecule is C[C@H](c1ccccc1)N1CCN2c3ccccc3OCC2C1. The van der Waals surface area contributed by atoms with E-state index >= 15 is 0 Å². The van der Waals surface area contributed by atoms with E-state index in [0.29, 0.717) is 12.1 Å². The van der Waals surface area contributed by atoms with Gasteiger partial charge in [-0.1, -0.05) is 42.5 Å². The van der Waals surface area contributed by atoms with Gasteiger partial charge in [-0.2, -0.15) is 0 Å². The number of anilines is 1. The van der Waals surface area contributed by atoms with Crippen LogP contribution in [0.15, 0.2) is 54.6 Å². The molecule has 1 fully saturated rings. The second kappa shape index (κ2) is 5.65. The van der Waals surface area contributed by atoms with E-state index in [1.165, 1.54) is 11.3 Å². The summed E-state index contributed by atoms with van der Waals surface area (Å²) in [6, 6.07) is 20.1. The summed E-state index contributed by atoms with van der Waals surface area (Å²) in [6.07, 6.45) is 0. The predicted octanol–water partition coefficient (Wildman–Crippen LogP) is 3.33. The summed E-state index contributed by atoms with van der Waals surface area (Å²) in [5, 5.41) is 0. The minimum absolute atomic E-state index is 0.454. The van der Waals surface area contributed by atoms with Gasteiger partial charge in [0.25, 0.3) is 0 Å². The minimum atomic E-state index is 0.454. The third kappa shape index (κ3) is 2.35. The summed E-state index contributed by atoms with van der Waals surface area (Å²) in [7, 11) is 0. The summed E-state index contributed by atoms with van der Waals surface area (Å²) < 4.78 is 5.96. The standard InChI is InChI=1S/C19H22N2O/c1-15(16-7-3-2-4-8-16)20-11-12-21-17(13-20)14-22-19-10-6-5-9-18(19)21/h2-10,15,17H,11-14H2,1H3/t15-,17?/m1/s1. The van der Waals surface area contributed by atoms with Crippen molar-refractivity contribution in [1.82, 2.24) is 4.90 Å². The van der Waals surface area contributed by atoms with E-state index in [2.05, 4.69) is 65.3 Å². The minimum Gasteiger partial charge on any atom is -0.489 e. The molecule has 22 heavy (non-hydrogen) atoms. The molecule has 0 saturated carbocycles. The molecule has 3 nitrogen and oxygen atoms in total. The Morgan fingerprint density at radius 3 is 2.64 bits per heavy atom. The Morgan fingerprint density at radius 1 is 1.00 bits per heavy atom. The summed E-state index contributed by atoms with van der Waals surface area (Å²) in [4.78, 5) is 5.10. The van der Waals surface area contributed by atoms with Crippen molar-refractivity contribution in [2.24, 2.45) is 0 Å². The van der Waals surface area contributed by atoms with Crippen LogP contribution in [0.5, 0.6) is 5.75 Å². The molecule has 2 heterocycles. The molecule has 0 bridgehead atoms. The fourth-order valence-corrected chi connectivity index (χ4v) is 3.64. The van der Waals surface area contributed by atoms with Crippen LogP contribution in [0.25, 0.3) is 0 Å². The Labute approximate surface area is 132 Å². The van der Waals surface area contributed by atoms with Crippen LogP contribution in [0.2, 0.25) is 0 Å². The van der Waals surface area contributed by atoms with Crippen LogP contribution in [-0.4, -0.2) is 37.2 Å². The molecule has 2 aliphatic rings. The highest BCUT2D eigenvalue weighted by molar-refractivity contribution is 5.61. The lowest BCUT2D eigenvalue weighted by Crippen LogP contribution is -2.57. The third-order valence-electron chi connectivity index (χ3n) is 4.95. The average Bonchev–Trinajstić information content (AvgIpc) is 2.61. The van der Waals surface area contributed by atoms with E-state index in [1.807, 2.05) is 6.07 Å². The van der Waals surface area contributed by atoms with E-state index in [4.69, 9.17) is 4.74 Å². The fraction of sp³-hybridized carbons (Fsp3) is 0.368. The first kappa shape index (κ1) is 13.6. The lowest BCUT2D eigenvalue weighted by molar-refractivity contribution is 0.135. The third-order valence-corrected chi connectivity index (χ3v) is 4.95. The van der Waals surface area contributed by atoms with Crippen LogP contribution in [0.4, 0.5) is 5.69 Å². The number of benzene rings is 2. The summed E-state index contributed by atoms with van der Waals surface area (Å²) >= 11 is 0. The number of rotatable bonds is 2. The van der Waals surface area contributed by atoms with Gasteiger partial charge < -0.3 is 9.64 Å². The van der Waals surface area contributed by atoms with Crippen LogP contribution in [0, 0.1) is 0 Å². The van der Waals surface area contributed by atoms with Gasteiger partial charge in [-0.3, -0.25) is 4.90 Å². The van der Waals surface area contributed by atoms with Crippen molar-refractivity contribution in [3.05, 3.63) is 60.2 Å². The van der Waals surface area contributed by atoms with Crippen molar-refractivity contribution in [3.8, 4) is 5.75 Å². The van der Waals surface area contributed by atoms with Crippen molar-refractivity contribution in [1.29, 1.82) is 0 Å². The number of fused-ring (bicyclic) bond motifs is 3. The lowest BCUT2D eigenvalue weighted by atomic mass is 10.0. The smallest absolute Gasteiger partial charge is 0.142 e. The van der Waals surface area contributed by atoms with E-state index in [9.17, 15) is 0 Å². The largest absolute Gasteiger partial charge is 0.489 e. The maximum atomic E-state index is 5.96. The quantitative estimate of drug-likeness (QED) is 0.845. The molecular weight excluding hydrogens is 272 g/mol. The van der Waals surface area contributed by atoms with Gasteiger partial charge in [0.05, 0.1) is 11.7 Å². The zero-order chi connectivity index (χ0) is 14.9. The average molecular weight is 294 g/mol. The lowest BCUT2D eigenvalue weighted by Gasteiger charge is -2.47. The molecule has 0 spiro atoms. The highest BCUT2D eigenvalue weighted by Crippen LogP contribution is 2.36. The summed E-state index contributed by atoms with van der Waals surface area (Å²) in [6.45, 7) is 6.32. The maximum absolute atomic E-state index is 5.96. The topological polar surface area (TPSA) is 15.7 Å². The number of ether oxygens (including phenoxy) is 1. The van der Waals surface area contributed by atoms with Crippen LogP contribution >= 0.6 is 0 Å². The van der Waals surface area contributed by atoms with Crippen LogP contribution in [0.3, 0.4) is 0 Å². The summed E-state index contributed by atoms with van der Waals surface area (Å²) in [5.74, 6) is 1.03. The Kier molecular flexibility index (Phi) is 3.51. The Balaban J connectivity index is 1.52. The molecule has 0 radical (unpaired) electrons. The van der Waals surface area contributed by atoms with E-state index in [0.717, 1.165) is 32.0 Å². The van der Waals surface area contributed by atoms with E-state index < -0.39 is 0 Å². The molecule has 1 unspecified atom stereocenters. The van der Waals surface area contributed by atoms with Crippen molar-refractivity contribution >= 4 is 5.69 Å². The molecule has 0 aliphatic carbocycles. The molecular formula is C19H22N2O. The molecule has 4 rings (SSSR count). The normalized spacial score (nSPS) is 22.4. The van der Waals surface area contributed by atoms with Crippen molar-refractivity contribution in [2.45, 2.75) is 19.0 Å². The number of hydrogen-bond donors (Lipinski definition) is 0. The highest BCUT2D eigenvalue weighted by Gasteiger charge is 2.34. The molecule has 2 aromatic carbocycles. The molecule has 2 aliphatic heterocycles. The number of hydrogen-bond acceptors (Lipinski definition) is 3. The second-order valence-corrected chi connectivity index (χ2v) is 6.21. The van der Waals surface area contributed by atoms with Crippen molar-refractivity contribution in [3.63, 3.8) is 0 Å². The molecule has 1 saturated heterocycles. The number of para-hydroxylation sites is 2. The molecule has 0 N–H and O–H groups in total. The fourth-order valence-electron chi connectivity index (χ4n) is 3.64. The molecule has 0 amide bonds. The van der Waals surface area contributed by atoms with Gasteiger partial charge in [-0.25, -0.2) is 0 Å². The van der Waals surface area contributed by atoms with Gasteiger partial charge in [0.1, 0.15) is 12.4 Å². The number of piperazine rings is 1. The molecule has 2 atom stereocenters. The summed E-state index contributed by atoms with van der Waals surface area (Å²) in [5.41, 5.74) is 2.65. The molecule has 3 heteroatoms. The monoisotopic (exact) mass is 294 g/mol. The number of nitrogens with zero attached hydrogens (tertiary/aromatic N) is 2. The van der Waals surface area contributed by atoms with Crippen molar-refractivity contribution in [2.75, 3.05) is 31.1 Å². The first-order chi connectivity index (χ1) is 10.8. The highest BCUT2D eigenvalue weighted by atomic mass is 16.5. The first-order valence-electron chi connectivity index (χ1n) is 8.10. The van der Waals surface area contributed by atoms with E-state index in [-0.39, 0.29) is 0 Å². The van der Waals surface area contributed by atoms with Crippen LogP contribution in [-0.2, 0) is 0 Å². The van der Waals surface area contributed by atoms with Gasteiger partial charge >= 0.3 is 0 Å². The van der Waals surface area contributed by atoms with Gasteiger partial charge in [-0.05, 0) is 24.6 Å². The van der Waals surface area contributed by atoms with Gasteiger partial charge in [0.15, 0.2) is 0 Å². The maximum Gasteiger partial charge on any atom is 0.142 e. The molecule has 114 valence electrons. The second-order valence-electron chi connectivity index (χ2n) is 6.21. The molecule has 0 aromatic heterocycles. The van der Waals surface area contributed by atoms with Crippen LogP contribution < -0.4 is 9.64 Å².